The zero-order valence-electron chi connectivity index (χ0n) is 17.4. The lowest BCUT2D eigenvalue weighted by atomic mass is 9.92. The van der Waals surface area contributed by atoms with E-state index in [0.29, 0.717) is 12.1 Å². The number of aryl methyl sites for hydroxylation is 1. The maximum Gasteiger partial charge on any atom is 0.124 e. The second-order valence-electron chi connectivity index (χ2n) is 8.22. The average molecular weight is 396 g/mol. The van der Waals surface area contributed by atoms with Crippen molar-refractivity contribution in [2.24, 2.45) is 0 Å². The molecule has 156 valence electrons. The van der Waals surface area contributed by atoms with Crippen molar-refractivity contribution >= 4 is 0 Å². The third-order valence-corrected chi connectivity index (χ3v) is 6.08. The van der Waals surface area contributed by atoms with E-state index in [1.54, 1.807) is 7.11 Å². The molecule has 2 aromatic rings. The van der Waals surface area contributed by atoms with Gasteiger partial charge in [0.1, 0.15) is 17.6 Å². The summed E-state index contributed by atoms with van der Waals surface area (Å²) in [4.78, 5) is 0. The molecule has 29 heavy (non-hydrogen) atoms. The van der Waals surface area contributed by atoms with Gasteiger partial charge in [-0.2, -0.15) is 0 Å². The van der Waals surface area contributed by atoms with E-state index in [4.69, 9.17) is 14.2 Å². The maximum atomic E-state index is 6.32. The molecule has 1 aliphatic heterocycles. The van der Waals surface area contributed by atoms with Crippen LogP contribution in [-0.2, 0) is 11.2 Å². The highest BCUT2D eigenvalue weighted by atomic mass is 16.5. The molecule has 4 rings (SSSR count). The van der Waals surface area contributed by atoms with E-state index in [2.05, 4.69) is 53.8 Å². The molecule has 0 spiro atoms. The van der Waals surface area contributed by atoms with Crippen LogP contribution in [0.1, 0.15) is 55.8 Å². The largest absolute Gasteiger partial charge is 0.490 e. The van der Waals surface area contributed by atoms with Gasteiger partial charge in [-0.25, -0.2) is 0 Å². The van der Waals surface area contributed by atoms with Gasteiger partial charge in [0.15, 0.2) is 0 Å². The van der Waals surface area contributed by atoms with Crippen LogP contribution in [0.15, 0.2) is 48.5 Å². The second-order valence-corrected chi connectivity index (χ2v) is 8.22. The lowest BCUT2D eigenvalue weighted by molar-refractivity contribution is 0.136. The number of benzene rings is 2. The SMILES string of the molecule is COCCCNC1CCC(Oc2ccc3c(c2)CCC(c2ccccc2)O3)CC1. The van der Waals surface area contributed by atoms with Gasteiger partial charge in [-0.15, -0.1) is 0 Å². The highest BCUT2D eigenvalue weighted by Crippen LogP contribution is 2.37. The Balaban J connectivity index is 1.26. The van der Waals surface area contributed by atoms with Crippen molar-refractivity contribution < 1.29 is 14.2 Å². The van der Waals surface area contributed by atoms with Crippen LogP contribution in [0.4, 0.5) is 0 Å². The smallest absolute Gasteiger partial charge is 0.124 e. The van der Waals surface area contributed by atoms with Crippen LogP contribution in [-0.4, -0.2) is 32.4 Å². The minimum absolute atomic E-state index is 0.155. The molecule has 0 radical (unpaired) electrons. The van der Waals surface area contributed by atoms with Crippen LogP contribution >= 0.6 is 0 Å². The van der Waals surface area contributed by atoms with Gasteiger partial charge in [-0.3, -0.25) is 0 Å². The van der Waals surface area contributed by atoms with Crippen LogP contribution in [0.5, 0.6) is 11.5 Å². The van der Waals surface area contributed by atoms with Crippen molar-refractivity contribution in [2.45, 2.75) is 63.2 Å². The standard InChI is InChI=1S/C25H33NO3/c1-27-17-5-16-26-21-9-11-22(12-10-21)28-23-13-15-25-20(18-23)8-14-24(29-25)19-6-3-2-4-7-19/h2-4,6-7,13,15,18,21-22,24,26H,5,8-12,14,16-17H2,1H3. The first-order chi connectivity index (χ1) is 14.3. The van der Waals surface area contributed by atoms with Gasteiger partial charge in [0.05, 0.1) is 6.10 Å². The number of hydrogen-bond donors (Lipinski definition) is 1. The predicted octanol–water partition coefficient (Wildman–Crippen LogP) is 5.07. The van der Waals surface area contributed by atoms with E-state index in [0.717, 1.165) is 56.8 Å². The molecule has 0 amide bonds. The Morgan fingerprint density at radius 3 is 2.62 bits per heavy atom. The van der Waals surface area contributed by atoms with Gasteiger partial charge in [0.25, 0.3) is 0 Å². The molecule has 4 nitrogen and oxygen atoms in total. The number of rotatable bonds is 8. The lowest BCUT2D eigenvalue weighted by Crippen LogP contribution is -2.37. The molecular weight excluding hydrogens is 362 g/mol. The van der Waals surface area contributed by atoms with Gasteiger partial charge in [-0.05, 0) is 80.8 Å². The molecule has 2 aromatic carbocycles. The molecule has 1 saturated carbocycles. The minimum Gasteiger partial charge on any atom is -0.490 e. The summed E-state index contributed by atoms with van der Waals surface area (Å²) in [5.74, 6) is 1.99. The van der Waals surface area contributed by atoms with Crippen LogP contribution < -0.4 is 14.8 Å². The quantitative estimate of drug-likeness (QED) is 0.634. The fraction of sp³-hybridized carbons (Fsp3) is 0.520. The fourth-order valence-electron chi connectivity index (χ4n) is 4.44. The molecule has 0 bridgehead atoms. The van der Waals surface area contributed by atoms with Crippen molar-refractivity contribution in [3.63, 3.8) is 0 Å². The van der Waals surface area contributed by atoms with Crippen LogP contribution in [0.25, 0.3) is 0 Å². The normalized spacial score (nSPS) is 23.8. The number of methoxy groups -OCH3 is 1. The molecule has 2 aliphatic rings. The molecule has 0 aromatic heterocycles. The van der Waals surface area contributed by atoms with E-state index < -0.39 is 0 Å². The van der Waals surface area contributed by atoms with E-state index in [-0.39, 0.29) is 6.10 Å². The summed E-state index contributed by atoms with van der Waals surface area (Å²) < 4.78 is 17.7. The summed E-state index contributed by atoms with van der Waals surface area (Å²) in [6, 6.07) is 17.5. The molecule has 1 heterocycles. The average Bonchev–Trinajstić information content (AvgIpc) is 2.78. The van der Waals surface area contributed by atoms with Crippen LogP contribution in [0.2, 0.25) is 0 Å². The van der Waals surface area contributed by atoms with Crippen molar-refractivity contribution in [1.82, 2.24) is 5.32 Å². The zero-order chi connectivity index (χ0) is 19.9. The first kappa shape index (κ1) is 20.2. The number of nitrogens with one attached hydrogen (secondary N) is 1. The van der Waals surface area contributed by atoms with Gasteiger partial charge >= 0.3 is 0 Å². The Bertz CT molecular complexity index is 756. The number of ether oxygens (including phenoxy) is 3. The molecule has 4 heteroatoms. The number of hydrogen-bond acceptors (Lipinski definition) is 4. The van der Waals surface area contributed by atoms with Gasteiger partial charge in [0, 0.05) is 19.8 Å². The second kappa shape index (κ2) is 10.1. The molecule has 1 fully saturated rings. The van der Waals surface area contributed by atoms with Gasteiger partial charge < -0.3 is 19.5 Å². The van der Waals surface area contributed by atoms with Crippen molar-refractivity contribution in [2.75, 3.05) is 20.3 Å². The van der Waals surface area contributed by atoms with E-state index >= 15 is 0 Å². The van der Waals surface area contributed by atoms with Crippen molar-refractivity contribution in [3.05, 3.63) is 59.7 Å². The molecule has 0 saturated heterocycles. The highest BCUT2D eigenvalue weighted by Gasteiger charge is 2.24. The summed E-state index contributed by atoms with van der Waals surface area (Å²) in [5.41, 5.74) is 2.52. The molecule has 1 aliphatic carbocycles. The summed E-state index contributed by atoms with van der Waals surface area (Å²) in [7, 11) is 1.76. The van der Waals surface area contributed by atoms with E-state index in [1.807, 2.05) is 0 Å². The Morgan fingerprint density at radius 1 is 1.00 bits per heavy atom. The predicted molar refractivity (Wildman–Crippen MR) is 116 cm³/mol. The zero-order valence-corrected chi connectivity index (χ0v) is 17.4. The van der Waals surface area contributed by atoms with Gasteiger partial charge in [0.2, 0.25) is 0 Å². The third-order valence-electron chi connectivity index (χ3n) is 6.08. The Hall–Kier alpha value is -2.04. The lowest BCUT2D eigenvalue weighted by Gasteiger charge is -2.30. The molecule has 1 atom stereocenters. The van der Waals surface area contributed by atoms with Gasteiger partial charge in [-0.1, -0.05) is 30.3 Å². The van der Waals surface area contributed by atoms with E-state index in [9.17, 15) is 0 Å². The van der Waals surface area contributed by atoms with Crippen molar-refractivity contribution in [3.8, 4) is 11.5 Å². The molecule has 1 N–H and O–H groups in total. The van der Waals surface area contributed by atoms with Crippen molar-refractivity contribution in [1.29, 1.82) is 0 Å². The van der Waals surface area contributed by atoms with E-state index in [1.165, 1.54) is 24.0 Å². The Kier molecular flexibility index (Phi) is 7.07. The van der Waals surface area contributed by atoms with Crippen LogP contribution in [0, 0.1) is 0 Å². The highest BCUT2D eigenvalue weighted by molar-refractivity contribution is 5.42. The fourth-order valence-corrected chi connectivity index (χ4v) is 4.44. The van der Waals surface area contributed by atoms with Crippen LogP contribution in [0.3, 0.4) is 0 Å². The maximum absolute atomic E-state index is 6.32. The first-order valence-corrected chi connectivity index (χ1v) is 11.1. The summed E-state index contributed by atoms with van der Waals surface area (Å²) in [6.07, 6.45) is 8.21. The summed E-state index contributed by atoms with van der Waals surface area (Å²) >= 11 is 0. The minimum atomic E-state index is 0.155. The monoisotopic (exact) mass is 395 g/mol. The third kappa shape index (κ3) is 5.52. The topological polar surface area (TPSA) is 39.7 Å². The Labute approximate surface area is 174 Å². The summed E-state index contributed by atoms with van der Waals surface area (Å²) in [6.45, 7) is 1.87. The molecular formula is C25H33NO3. The first-order valence-electron chi connectivity index (χ1n) is 11.1. The molecule has 1 unspecified atom stereocenters. The summed E-state index contributed by atoms with van der Waals surface area (Å²) in [5, 5.41) is 3.65. The number of fused-ring (bicyclic) bond motifs is 1. The Morgan fingerprint density at radius 2 is 1.83 bits per heavy atom.